The summed E-state index contributed by atoms with van der Waals surface area (Å²) in [6.07, 6.45) is 2.71. The Kier molecular flexibility index (Phi) is 7.10. The molecule has 150 valence electrons. The van der Waals surface area contributed by atoms with E-state index in [0.29, 0.717) is 28.7 Å². The van der Waals surface area contributed by atoms with Gasteiger partial charge in [0.15, 0.2) is 5.43 Å². The summed E-state index contributed by atoms with van der Waals surface area (Å²) in [4.78, 5) is 37.8. The summed E-state index contributed by atoms with van der Waals surface area (Å²) >= 11 is 0. The number of aromatic nitrogens is 1. The number of hydrogen-bond donors (Lipinski definition) is 1. The van der Waals surface area contributed by atoms with Crippen molar-refractivity contribution in [3.05, 3.63) is 70.0 Å². The van der Waals surface area contributed by atoms with E-state index in [4.69, 9.17) is 5.73 Å². The Morgan fingerprint density at radius 3 is 2.43 bits per heavy atom. The van der Waals surface area contributed by atoms with Crippen molar-refractivity contribution in [2.75, 3.05) is 4.90 Å². The van der Waals surface area contributed by atoms with Gasteiger partial charge in [0.1, 0.15) is 0 Å². The number of aromatic carboxylic acids is 1. The molecule has 3 aromatic rings. The number of amides is 2. The van der Waals surface area contributed by atoms with Crippen LogP contribution in [0.2, 0.25) is 0 Å². The van der Waals surface area contributed by atoms with Crippen molar-refractivity contribution in [2.45, 2.75) is 25.8 Å². The second kappa shape index (κ2) is 9.01. The van der Waals surface area contributed by atoms with E-state index in [9.17, 15) is 19.5 Å². The number of primary amides is 1. The molecule has 4 N–H and O–H groups in total. The van der Waals surface area contributed by atoms with Gasteiger partial charge >= 0.3 is 35.6 Å². The molecule has 0 spiro atoms. The van der Waals surface area contributed by atoms with Gasteiger partial charge in [-0.1, -0.05) is 18.2 Å². The van der Waals surface area contributed by atoms with Crippen molar-refractivity contribution in [1.82, 2.24) is 4.57 Å². The second-order valence-corrected chi connectivity index (χ2v) is 6.92. The number of rotatable bonds is 3. The predicted molar refractivity (Wildman–Crippen MR) is 107 cm³/mol. The Bertz CT molecular complexity index is 1180. The van der Waals surface area contributed by atoms with Gasteiger partial charge in [0.2, 0.25) is 0 Å². The van der Waals surface area contributed by atoms with Crippen LogP contribution in [0, 0.1) is 0 Å². The van der Waals surface area contributed by atoms with Crippen LogP contribution in [0.25, 0.3) is 10.9 Å². The van der Waals surface area contributed by atoms with Gasteiger partial charge in [0.25, 0.3) is 0 Å². The van der Waals surface area contributed by atoms with Crippen molar-refractivity contribution in [1.29, 1.82) is 0 Å². The number of urea groups is 1. The first-order valence-corrected chi connectivity index (χ1v) is 8.97. The third kappa shape index (κ3) is 3.75. The van der Waals surface area contributed by atoms with Crippen LogP contribution in [0.4, 0.5) is 16.2 Å². The number of para-hydroxylation sites is 1. The Balaban J connectivity index is 0.00000160. The number of hydrogen-bond acceptors (Lipinski definition) is 4. The average Bonchev–Trinajstić information content (AvgIpc) is 2.67. The molecule has 0 saturated carbocycles. The molecule has 8 nitrogen and oxygen atoms in total. The third-order valence-electron chi connectivity index (χ3n) is 5.26. The van der Waals surface area contributed by atoms with Gasteiger partial charge in [-0.15, -0.1) is 0 Å². The maximum atomic E-state index is 12.7. The first kappa shape index (κ1) is 23.6. The fourth-order valence-electron chi connectivity index (χ4n) is 3.91. The van der Waals surface area contributed by atoms with Crippen LogP contribution >= 0.6 is 0 Å². The van der Waals surface area contributed by atoms with E-state index in [0.717, 1.165) is 12.0 Å². The molecule has 2 amide bonds. The number of carboxylic acid groups (broad SMARTS) is 1. The molecule has 1 atom stereocenters. The Labute approximate surface area is 194 Å². The maximum Gasteiger partial charge on any atom is 1.00 e. The van der Waals surface area contributed by atoms with Crippen LogP contribution in [0.1, 0.15) is 35.3 Å². The number of carbonyl (C=O) groups excluding carboxylic acids is 2. The van der Waals surface area contributed by atoms with Gasteiger partial charge in [-0.05, 0) is 44.0 Å². The van der Waals surface area contributed by atoms with E-state index >= 15 is 0 Å². The van der Waals surface area contributed by atoms with Gasteiger partial charge in [0.05, 0.1) is 28.4 Å². The summed E-state index contributed by atoms with van der Waals surface area (Å²) in [5, 5.41) is 11.7. The van der Waals surface area contributed by atoms with E-state index in [1.54, 1.807) is 28.8 Å². The fourth-order valence-corrected chi connectivity index (χ4v) is 3.91. The minimum Gasteiger partial charge on any atom is -0.545 e. The van der Waals surface area contributed by atoms with Crippen molar-refractivity contribution in [3.63, 3.8) is 0 Å². The van der Waals surface area contributed by atoms with Gasteiger partial charge in [0, 0.05) is 23.2 Å². The normalized spacial score (nSPS) is 14.4. The van der Waals surface area contributed by atoms with E-state index in [2.05, 4.69) is 0 Å². The van der Waals surface area contributed by atoms with Crippen LogP contribution in [-0.2, 0) is 6.42 Å². The molecule has 0 radical (unpaired) electrons. The molecule has 0 saturated heterocycles. The zero-order valence-electron chi connectivity index (χ0n) is 16.7. The van der Waals surface area contributed by atoms with Gasteiger partial charge < -0.3 is 25.7 Å². The van der Waals surface area contributed by atoms with Crippen molar-refractivity contribution < 1.29 is 49.7 Å². The minimum absolute atomic E-state index is 0. The van der Waals surface area contributed by atoms with Crippen LogP contribution < -0.4 is 50.7 Å². The van der Waals surface area contributed by atoms with Gasteiger partial charge in [-0.3, -0.25) is 9.69 Å². The number of anilines is 2. The van der Waals surface area contributed by atoms with Crippen molar-refractivity contribution in [2.24, 2.45) is 5.73 Å². The summed E-state index contributed by atoms with van der Waals surface area (Å²) < 4.78 is 1.79. The number of carbonyl (C=O) groups is 2. The standard InChI is InChI=1S/C21H19N3O4.Na.H2O/c1-12-7-8-14-17(24(21(22)28)13-5-3-2-4-6-13)10-9-15-18(14)23(12)11-16(19(15)25)20(26)27;;/h2-6,9-12H,7-8H2,1H3,(H2,22,28)(H,26,27);;1H2/q;+1;/p-1. The molecule has 4 rings (SSSR count). The summed E-state index contributed by atoms with van der Waals surface area (Å²) in [6, 6.07) is 11.6. The molecule has 0 fully saturated rings. The van der Waals surface area contributed by atoms with Gasteiger partial charge in [-0.25, -0.2) is 4.79 Å². The van der Waals surface area contributed by atoms with Crippen LogP contribution in [0.3, 0.4) is 0 Å². The topological polar surface area (TPSA) is 140 Å². The van der Waals surface area contributed by atoms with E-state index < -0.39 is 17.4 Å². The number of benzene rings is 2. The molecule has 2 heterocycles. The van der Waals surface area contributed by atoms with Gasteiger partial charge in [-0.2, -0.15) is 0 Å². The molecular weight excluding hydrogens is 397 g/mol. The Morgan fingerprint density at radius 2 is 1.83 bits per heavy atom. The zero-order valence-corrected chi connectivity index (χ0v) is 18.7. The quantitative estimate of drug-likeness (QED) is 0.506. The maximum absolute atomic E-state index is 12.7. The monoisotopic (exact) mass is 417 g/mol. The predicted octanol–water partition coefficient (Wildman–Crippen LogP) is -1.73. The molecule has 1 aromatic heterocycles. The fraction of sp³-hybridized carbons (Fsp3) is 0.190. The number of pyridine rings is 1. The average molecular weight is 417 g/mol. The Hall–Kier alpha value is -2.65. The summed E-state index contributed by atoms with van der Waals surface area (Å²) in [6.45, 7) is 1.96. The van der Waals surface area contributed by atoms with Crippen LogP contribution in [-0.4, -0.2) is 22.0 Å². The second-order valence-electron chi connectivity index (χ2n) is 6.92. The molecule has 9 heteroatoms. The summed E-state index contributed by atoms with van der Waals surface area (Å²) in [5.41, 5.74) is 7.36. The first-order valence-electron chi connectivity index (χ1n) is 8.97. The van der Waals surface area contributed by atoms with Crippen molar-refractivity contribution in [3.8, 4) is 0 Å². The van der Waals surface area contributed by atoms with Crippen LogP contribution in [0.15, 0.2) is 53.5 Å². The molecule has 0 aliphatic carbocycles. The first-order chi connectivity index (χ1) is 13.4. The SMILES string of the molecule is CC1CCc2c(N(C(N)=O)c3ccccc3)ccc3c(=O)c(C(=O)[O-])cn1c23.O.[Na+]. The van der Waals surface area contributed by atoms with E-state index in [1.807, 2.05) is 25.1 Å². The van der Waals surface area contributed by atoms with E-state index in [-0.39, 0.29) is 46.6 Å². The van der Waals surface area contributed by atoms with Crippen molar-refractivity contribution >= 4 is 34.3 Å². The zero-order chi connectivity index (χ0) is 20.0. The molecule has 1 unspecified atom stereocenters. The largest absolute Gasteiger partial charge is 1.00 e. The molecule has 2 aromatic carbocycles. The van der Waals surface area contributed by atoms with Crippen LogP contribution in [0.5, 0.6) is 0 Å². The number of carboxylic acids is 1. The molecule has 1 aliphatic heterocycles. The summed E-state index contributed by atoms with van der Waals surface area (Å²) in [5.74, 6) is -1.50. The third-order valence-corrected chi connectivity index (χ3v) is 5.26. The smallest absolute Gasteiger partial charge is 0.545 e. The Morgan fingerprint density at radius 1 is 1.17 bits per heavy atom. The molecule has 30 heavy (non-hydrogen) atoms. The summed E-state index contributed by atoms with van der Waals surface area (Å²) in [7, 11) is 0. The number of nitrogens with two attached hydrogens (primary N) is 1. The molecular formula is C21H20N3NaO5. The minimum atomic E-state index is -1.50. The number of aryl methyl sites for hydroxylation is 1. The molecule has 0 bridgehead atoms. The molecule has 1 aliphatic rings. The number of nitrogens with zero attached hydrogens (tertiary/aromatic N) is 2. The van der Waals surface area contributed by atoms with E-state index in [1.165, 1.54) is 11.1 Å².